The molecule has 0 radical (unpaired) electrons. The summed E-state index contributed by atoms with van der Waals surface area (Å²) in [6.45, 7) is 4.56. The van der Waals surface area contributed by atoms with Crippen molar-refractivity contribution < 1.29 is 0 Å². The topological polar surface area (TPSA) is 15.3 Å². The van der Waals surface area contributed by atoms with Gasteiger partial charge in [-0.3, -0.25) is 4.90 Å². The predicted molar refractivity (Wildman–Crippen MR) is 84.9 cm³/mol. The van der Waals surface area contributed by atoms with E-state index in [1.807, 2.05) is 11.3 Å². The van der Waals surface area contributed by atoms with Crippen LogP contribution in [0.15, 0.2) is 17.5 Å². The molecule has 2 rings (SSSR count). The minimum Gasteiger partial charge on any atom is -0.313 e. The molecule has 19 heavy (non-hydrogen) atoms. The lowest BCUT2D eigenvalue weighted by molar-refractivity contribution is 0.258. The van der Waals surface area contributed by atoms with Crippen LogP contribution in [0.3, 0.4) is 0 Å². The number of hydrogen-bond donors (Lipinski definition) is 1. The molecule has 0 amide bonds. The molecule has 0 saturated heterocycles. The van der Waals surface area contributed by atoms with Crippen LogP contribution in [0.1, 0.15) is 56.4 Å². The van der Waals surface area contributed by atoms with E-state index in [0.717, 1.165) is 19.1 Å². The first-order chi connectivity index (χ1) is 9.27. The van der Waals surface area contributed by atoms with Crippen LogP contribution >= 0.6 is 11.3 Å². The average Bonchev–Trinajstić information content (AvgIpc) is 2.83. The highest BCUT2D eigenvalue weighted by atomic mass is 32.1. The molecule has 108 valence electrons. The first-order valence-electron chi connectivity index (χ1n) is 7.74. The molecule has 1 fully saturated rings. The third kappa shape index (κ3) is 4.90. The van der Waals surface area contributed by atoms with Crippen molar-refractivity contribution in [3.8, 4) is 0 Å². The maximum Gasteiger partial charge on any atom is 0.0410 e. The Morgan fingerprint density at radius 3 is 2.68 bits per heavy atom. The van der Waals surface area contributed by atoms with Gasteiger partial charge in [0.1, 0.15) is 0 Å². The van der Waals surface area contributed by atoms with Crippen molar-refractivity contribution in [3.63, 3.8) is 0 Å². The number of rotatable bonds is 6. The Bertz CT molecular complexity index is 329. The molecule has 1 aromatic rings. The van der Waals surface area contributed by atoms with E-state index in [1.165, 1.54) is 43.4 Å². The van der Waals surface area contributed by atoms with Crippen LogP contribution in [0.4, 0.5) is 0 Å². The van der Waals surface area contributed by atoms with Crippen LogP contribution in [0.5, 0.6) is 0 Å². The number of hydrogen-bond acceptors (Lipinski definition) is 3. The summed E-state index contributed by atoms with van der Waals surface area (Å²) in [6.07, 6.45) is 8.47. The Hall–Kier alpha value is -0.380. The zero-order valence-corrected chi connectivity index (χ0v) is 13.2. The molecule has 1 aliphatic carbocycles. The third-order valence-corrected chi connectivity index (χ3v) is 5.41. The molecular weight excluding hydrogens is 252 g/mol. The molecule has 1 aliphatic rings. The lowest BCUT2D eigenvalue weighted by Gasteiger charge is -2.25. The Balaban J connectivity index is 1.67. The summed E-state index contributed by atoms with van der Waals surface area (Å²) in [5, 5.41) is 5.92. The highest BCUT2D eigenvalue weighted by molar-refractivity contribution is 7.10. The first-order valence-corrected chi connectivity index (χ1v) is 8.62. The molecule has 0 aliphatic heterocycles. The Morgan fingerprint density at radius 2 is 2.05 bits per heavy atom. The van der Waals surface area contributed by atoms with Gasteiger partial charge in [0.25, 0.3) is 0 Å². The smallest absolute Gasteiger partial charge is 0.0410 e. The van der Waals surface area contributed by atoms with Gasteiger partial charge in [-0.2, -0.15) is 0 Å². The van der Waals surface area contributed by atoms with Crippen molar-refractivity contribution in [3.05, 3.63) is 22.4 Å². The standard InChI is InChI=1S/C16H28N2S/c1-14(16-10-7-13-19-16)18(2)12-11-17-15-8-5-3-4-6-9-15/h7,10,13-15,17H,3-6,8-9,11-12H2,1-2H3. The van der Waals surface area contributed by atoms with Crippen molar-refractivity contribution in [2.24, 2.45) is 0 Å². The molecule has 1 atom stereocenters. The van der Waals surface area contributed by atoms with E-state index in [0.29, 0.717) is 6.04 Å². The van der Waals surface area contributed by atoms with E-state index in [-0.39, 0.29) is 0 Å². The zero-order valence-electron chi connectivity index (χ0n) is 12.4. The quantitative estimate of drug-likeness (QED) is 0.791. The summed E-state index contributed by atoms with van der Waals surface area (Å²) >= 11 is 1.86. The van der Waals surface area contributed by atoms with E-state index in [9.17, 15) is 0 Å². The predicted octanol–water partition coefficient (Wildman–Crippen LogP) is 4.05. The molecule has 0 spiro atoms. The number of likely N-dealkylation sites (N-methyl/N-ethyl adjacent to an activating group) is 1. The van der Waals surface area contributed by atoms with Crippen molar-refractivity contribution in [1.82, 2.24) is 10.2 Å². The molecule has 0 bridgehead atoms. The molecule has 1 heterocycles. The molecule has 1 aromatic heterocycles. The Labute approximate surface area is 122 Å². The van der Waals surface area contributed by atoms with Crippen LogP contribution < -0.4 is 5.32 Å². The second-order valence-electron chi connectivity index (χ2n) is 5.81. The van der Waals surface area contributed by atoms with Gasteiger partial charge >= 0.3 is 0 Å². The van der Waals surface area contributed by atoms with Crippen molar-refractivity contribution >= 4 is 11.3 Å². The Kier molecular flexibility index (Phi) is 6.35. The zero-order chi connectivity index (χ0) is 13.5. The SMILES string of the molecule is CC(c1cccs1)N(C)CCNC1CCCCCC1. The van der Waals surface area contributed by atoms with Crippen molar-refractivity contribution in [2.45, 2.75) is 57.5 Å². The fourth-order valence-corrected chi connectivity index (χ4v) is 3.72. The van der Waals surface area contributed by atoms with Gasteiger partial charge in [-0.25, -0.2) is 0 Å². The van der Waals surface area contributed by atoms with Crippen LogP contribution in [0.25, 0.3) is 0 Å². The fourth-order valence-electron chi connectivity index (χ4n) is 2.87. The summed E-state index contributed by atoms with van der Waals surface area (Å²) in [4.78, 5) is 3.92. The summed E-state index contributed by atoms with van der Waals surface area (Å²) in [7, 11) is 2.24. The monoisotopic (exact) mass is 280 g/mol. The molecule has 1 N–H and O–H groups in total. The number of nitrogens with zero attached hydrogens (tertiary/aromatic N) is 1. The molecule has 1 saturated carbocycles. The third-order valence-electron chi connectivity index (χ3n) is 4.37. The highest BCUT2D eigenvalue weighted by Gasteiger charge is 2.14. The summed E-state index contributed by atoms with van der Waals surface area (Å²) in [6, 6.07) is 5.70. The van der Waals surface area contributed by atoms with Crippen molar-refractivity contribution in [1.29, 1.82) is 0 Å². The van der Waals surface area contributed by atoms with E-state index in [2.05, 4.69) is 41.7 Å². The first kappa shape index (κ1) is 15.0. The van der Waals surface area contributed by atoms with Gasteiger partial charge < -0.3 is 5.32 Å². The molecule has 1 unspecified atom stereocenters. The number of thiophene rings is 1. The van der Waals surface area contributed by atoms with Gasteiger partial charge in [0.2, 0.25) is 0 Å². The van der Waals surface area contributed by atoms with Gasteiger partial charge in [-0.05, 0) is 38.3 Å². The summed E-state index contributed by atoms with van der Waals surface area (Å²) in [5.74, 6) is 0. The molecule has 2 nitrogen and oxygen atoms in total. The second kappa shape index (κ2) is 8.03. The van der Waals surface area contributed by atoms with Crippen LogP contribution in [-0.4, -0.2) is 31.1 Å². The lowest BCUT2D eigenvalue weighted by Crippen LogP contribution is -2.36. The fraction of sp³-hybridized carbons (Fsp3) is 0.750. The van der Waals surface area contributed by atoms with Crippen molar-refractivity contribution in [2.75, 3.05) is 20.1 Å². The maximum absolute atomic E-state index is 3.75. The maximum atomic E-state index is 3.75. The lowest BCUT2D eigenvalue weighted by atomic mass is 10.1. The van der Waals surface area contributed by atoms with Gasteiger partial charge in [-0.1, -0.05) is 31.7 Å². The van der Waals surface area contributed by atoms with Gasteiger partial charge in [-0.15, -0.1) is 11.3 Å². The molecule has 3 heteroatoms. The molecular formula is C16H28N2S. The number of nitrogens with one attached hydrogen (secondary N) is 1. The second-order valence-corrected chi connectivity index (χ2v) is 6.79. The van der Waals surface area contributed by atoms with E-state index < -0.39 is 0 Å². The van der Waals surface area contributed by atoms with Gasteiger partial charge in [0.15, 0.2) is 0 Å². The largest absolute Gasteiger partial charge is 0.313 e. The van der Waals surface area contributed by atoms with E-state index >= 15 is 0 Å². The van der Waals surface area contributed by atoms with E-state index in [4.69, 9.17) is 0 Å². The normalized spacial score (nSPS) is 19.5. The summed E-state index contributed by atoms with van der Waals surface area (Å²) < 4.78 is 0. The average molecular weight is 280 g/mol. The van der Waals surface area contributed by atoms with Crippen LogP contribution in [0.2, 0.25) is 0 Å². The van der Waals surface area contributed by atoms with Gasteiger partial charge in [0.05, 0.1) is 0 Å². The minimum absolute atomic E-state index is 0.538. The van der Waals surface area contributed by atoms with Crippen LogP contribution in [-0.2, 0) is 0 Å². The minimum atomic E-state index is 0.538. The molecule has 0 aromatic carbocycles. The van der Waals surface area contributed by atoms with Crippen LogP contribution in [0, 0.1) is 0 Å². The van der Waals surface area contributed by atoms with Gasteiger partial charge in [0, 0.05) is 30.1 Å². The Morgan fingerprint density at radius 1 is 1.32 bits per heavy atom. The summed E-state index contributed by atoms with van der Waals surface area (Å²) in [5.41, 5.74) is 0. The highest BCUT2D eigenvalue weighted by Crippen LogP contribution is 2.23. The van der Waals surface area contributed by atoms with E-state index in [1.54, 1.807) is 0 Å².